The predicted molar refractivity (Wildman–Crippen MR) is 152 cm³/mol. The number of nitrogens with one attached hydrogen (secondary N) is 1. The zero-order valence-corrected chi connectivity index (χ0v) is 22.8. The number of thioether (sulfide) groups is 1. The first-order chi connectivity index (χ1) is 18.5. The number of benzene rings is 2. The highest BCUT2D eigenvalue weighted by molar-refractivity contribution is 7.99. The summed E-state index contributed by atoms with van der Waals surface area (Å²) in [6.07, 6.45) is 4.67. The van der Waals surface area contributed by atoms with Crippen molar-refractivity contribution in [1.29, 1.82) is 0 Å². The Balaban J connectivity index is 1.44. The van der Waals surface area contributed by atoms with Gasteiger partial charge in [0.15, 0.2) is 5.16 Å². The summed E-state index contributed by atoms with van der Waals surface area (Å²) in [6.45, 7) is 1.94. The molecule has 38 heavy (non-hydrogen) atoms. The molecule has 0 atom stereocenters. The maximum absolute atomic E-state index is 13.9. The molecule has 0 radical (unpaired) electrons. The van der Waals surface area contributed by atoms with Gasteiger partial charge in [0.2, 0.25) is 0 Å². The fourth-order valence-corrected chi connectivity index (χ4v) is 6.64. The van der Waals surface area contributed by atoms with E-state index >= 15 is 0 Å². The molecule has 4 aromatic rings. The van der Waals surface area contributed by atoms with Crippen LogP contribution in [0.5, 0.6) is 11.5 Å². The fourth-order valence-electron chi connectivity index (χ4n) is 4.54. The number of thiophene rings is 1. The van der Waals surface area contributed by atoms with Gasteiger partial charge in [0.25, 0.3) is 11.5 Å². The van der Waals surface area contributed by atoms with Crippen LogP contribution < -0.4 is 15.7 Å². The van der Waals surface area contributed by atoms with Gasteiger partial charge in [-0.1, -0.05) is 18.7 Å². The van der Waals surface area contributed by atoms with E-state index in [9.17, 15) is 14.7 Å². The van der Waals surface area contributed by atoms with Gasteiger partial charge in [0, 0.05) is 4.88 Å². The summed E-state index contributed by atoms with van der Waals surface area (Å²) < 4.78 is 6.88. The monoisotopic (exact) mass is 548 g/mol. The lowest BCUT2D eigenvalue weighted by Crippen LogP contribution is -2.25. The second kappa shape index (κ2) is 11.4. The molecule has 0 aliphatic heterocycles. The van der Waals surface area contributed by atoms with Crippen LogP contribution in [-0.4, -0.2) is 39.1 Å². The number of rotatable bonds is 8. The van der Waals surface area contributed by atoms with E-state index in [1.807, 2.05) is 19.1 Å². The van der Waals surface area contributed by atoms with Crippen molar-refractivity contribution < 1.29 is 14.6 Å². The van der Waals surface area contributed by atoms with Crippen LogP contribution in [0.4, 0.5) is 0 Å². The standard InChI is InChI=1S/C28H28N4O4S2/c1-3-22(17-8-12-19(33)13-9-17)30-31-24(34)16-37-28-29-26-25(21-6-4-5-7-23(21)38-26)27(35)32(28)18-10-14-20(36-2)15-11-18/h8-15,33H,3-7,16H2,1-2H3,(H,31,34)/b30-22+. The molecular formula is C28H28N4O4S2. The maximum Gasteiger partial charge on any atom is 0.267 e. The average molecular weight is 549 g/mol. The van der Waals surface area contributed by atoms with Crippen LogP contribution in [0.3, 0.4) is 0 Å². The quantitative estimate of drug-likeness (QED) is 0.138. The molecule has 5 rings (SSSR count). The number of ether oxygens (including phenoxy) is 1. The smallest absolute Gasteiger partial charge is 0.267 e. The van der Waals surface area contributed by atoms with Gasteiger partial charge in [0.05, 0.1) is 29.6 Å². The molecule has 10 heteroatoms. The summed E-state index contributed by atoms with van der Waals surface area (Å²) in [6, 6.07) is 13.9. The molecule has 1 aliphatic carbocycles. The highest BCUT2D eigenvalue weighted by Crippen LogP contribution is 2.35. The number of hydrazone groups is 1. The molecule has 0 saturated heterocycles. The van der Waals surface area contributed by atoms with Gasteiger partial charge in [0.1, 0.15) is 16.3 Å². The number of hydrogen-bond acceptors (Lipinski definition) is 8. The number of aromatic hydroxyl groups is 1. The lowest BCUT2D eigenvalue weighted by atomic mass is 9.97. The molecular weight excluding hydrogens is 520 g/mol. The Labute approximate surface area is 228 Å². The van der Waals surface area contributed by atoms with E-state index in [-0.39, 0.29) is 23.0 Å². The summed E-state index contributed by atoms with van der Waals surface area (Å²) in [5.74, 6) is 0.593. The van der Waals surface area contributed by atoms with Gasteiger partial charge < -0.3 is 9.84 Å². The number of fused-ring (bicyclic) bond motifs is 3. The Kier molecular flexibility index (Phi) is 7.80. The number of amides is 1. The summed E-state index contributed by atoms with van der Waals surface area (Å²) in [5.41, 5.74) is 5.82. The van der Waals surface area contributed by atoms with Gasteiger partial charge in [-0.3, -0.25) is 14.2 Å². The minimum absolute atomic E-state index is 0.0370. The van der Waals surface area contributed by atoms with Crippen LogP contribution >= 0.6 is 23.1 Å². The third-order valence-corrected chi connectivity index (χ3v) is 8.60. The minimum atomic E-state index is -0.305. The third kappa shape index (κ3) is 5.32. The zero-order chi connectivity index (χ0) is 26.6. The van der Waals surface area contributed by atoms with E-state index in [2.05, 4.69) is 10.5 Å². The van der Waals surface area contributed by atoms with E-state index < -0.39 is 0 Å². The van der Waals surface area contributed by atoms with E-state index in [0.29, 0.717) is 34.1 Å². The van der Waals surface area contributed by atoms with Crippen LogP contribution in [0, 0.1) is 0 Å². The predicted octanol–water partition coefficient (Wildman–Crippen LogP) is 5.06. The lowest BCUT2D eigenvalue weighted by molar-refractivity contribution is -0.118. The Morgan fingerprint density at radius 1 is 1.16 bits per heavy atom. The first kappa shape index (κ1) is 26.0. The number of carbonyl (C=O) groups is 1. The number of nitrogens with zero attached hydrogens (tertiary/aromatic N) is 3. The number of aromatic nitrogens is 2. The molecule has 196 valence electrons. The van der Waals surface area contributed by atoms with E-state index in [1.165, 1.54) is 16.6 Å². The third-order valence-electron chi connectivity index (χ3n) is 6.47. The average Bonchev–Trinajstić information content (AvgIpc) is 3.32. The Morgan fingerprint density at radius 3 is 2.61 bits per heavy atom. The molecule has 2 aromatic carbocycles. The number of aryl methyl sites for hydroxylation is 2. The van der Waals surface area contributed by atoms with Crippen molar-refractivity contribution in [1.82, 2.24) is 15.0 Å². The summed E-state index contributed by atoms with van der Waals surface area (Å²) >= 11 is 2.79. The molecule has 0 saturated carbocycles. The second-order valence-electron chi connectivity index (χ2n) is 8.91. The van der Waals surface area contributed by atoms with E-state index in [4.69, 9.17) is 9.72 Å². The van der Waals surface area contributed by atoms with Crippen molar-refractivity contribution in [2.75, 3.05) is 12.9 Å². The Bertz CT molecular complexity index is 1560. The van der Waals surface area contributed by atoms with E-state index in [0.717, 1.165) is 41.6 Å². The SMILES string of the molecule is CC/C(=N\NC(=O)CSc1nc2sc3c(c2c(=O)n1-c1ccc(OC)cc1)CCCC3)c1ccc(O)cc1. The molecule has 0 spiro atoms. The van der Waals surface area contributed by atoms with Crippen molar-refractivity contribution >= 4 is 44.9 Å². The molecule has 8 nitrogen and oxygen atoms in total. The van der Waals surface area contributed by atoms with Crippen LogP contribution in [0.25, 0.3) is 15.9 Å². The number of phenolic OH excluding ortho intramolecular Hbond substituents is 1. The Morgan fingerprint density at radius 2 is 1.89 bits per heavy atom. The molecule has 2 N–H and O–H groups in total. The topological polar surface area (TPSA) is 106 Å². The number of methoxy groups -OCH3 is 1. The van der Waals surface area contributed by atoms with Crippen molar-refractivity contribution in [2.45, 2.75) is 44.2 Å². The molecule has 2 aromatic heterocycles. The number of hydrogen-bond donors (Lipinski definition) is 2. The summed E-state index contributed by atoms with van der Waals surface area (Å²) in [4.78, 5) is 33.5. The largest absolute Gasteiger partial charge is 0.508 e. The maximum atomic E-state index is 13.9. The van der Waals surface area contributed by atoms with Crippen LogP contribution in [0.1, 0.15) is 42.2 Å². The van der Waals surface area contributed by atoms with Gasteiger partial charge >= 0.3 is 0 Å². The second-order valence-corrected chi connectivity index (χ2v) is 10.9. The summed E-state index contributed by atoms with van der Waals surface area (Å²) in [7, 11) is 1.60. The van der Waals surface area contributed by atoms with Crippen molar-refractivity contribution in [2.24, 2.45) is 5.10 Å². The van der Waals surface area contributed by atoms with Gasteiger partial charge in [-0.15, -0.1) is 11.3 Å². The minimum Gasteiger partial charge on any atom is -0.508 e. The van der Waals surface area contributed by atoms with Crippen molar-refractivity contribution in [3.8, 4) is 17.2 Å². The summed E-state index contributed by atoms with van der Waals surface area (Å²) in [5, 5.41) is 15.0. The molecule has 1 amide bonds. The lowest BCUT2D eigenvalue weighted by Gasteiger charge is -2.14. The van der Waals surface area contributed by atoms with Gasteiger partial charge in [-0.05, 0) is 91.8 Å². The van der Waals surface area contributed by atoms with Crippen LogP contribution in [-0.2, 0) is 17.6 Å². The number of phenols is 1. The van der Waals surface area contributed by atoms with Gasteiger partial charge in [-0.25, -0.2) is 10.4 Å². The first-order valence-electron chi connectivity index (χ1n) is 12.5. The molecule has 0 bridgehead atoms. The molecule has 0 fully saturated rings. The van der Waals surface area contributed by atoms with E-state index in [1.54, 1.807) is 59.4 Å². The molecule has 2 heterocycles. The first-order valence-corrected chi connectivity index (χ1v) is 14.3. The van der Waals surface area contributed by atoms with Crippen LogP contribution in [0.2, 0.25) is 0 Å². The normalized spacial score (nSPS) is 13.4. The molecule has 1 aliphatic rings. The zero-order valence-electron chi connectivity index (χ0n) is 21.2. The Hall–Kier alpha value is -3.63. The highest BCUT2D eigenvalue weighted by Gasteiger charge is 2.23. The van der Waals surface area contributed by atoms with Crippen molar-refractivity contribution in [3.05, 3.63) is 74.9 Å². The molecule has 0 unspecified atom stereocenters. The fraction of sp³-hybridized carbons (Fsp3) is 0.286. The van der Waals surface area contributed by atoms with Crippen molar-refractivity contribution in [3.63, 3.8) is 0 Å². The number of carbonyl (C=O) groups excluding carboxylic acids is 1. The van der Waals surface area contributed by atoms with Gasteiger partial charge in [-0.2, -0.15) is 5.10 Å². The van der Waals surface area contributed by atoms with Crippen LogP contribution in [0.15, 0.2) is 63.6 Å². The highest BCUT2D eigenvalue weighted by atomic mass is 32.2.